The Labute approximate surface area is 296 Å². The van der Waals surface area contributed by atoms with Crippen LogP contribution < -0.4 is 0 Å². The molecule has 0 aromatic carbocycles. The molecule has 0 aliphatic carbocycles. The number of aliphatic hydroxyl groups is 1. The molecule has 0 fully saturated rings. The van der Waals surface area contributed by atoms with Crippen molar-refractivity contribution in [3.05, 3.63) is 60.8 Å². The lowest BCUT2D eigenvalue weighted by Crippen LogP contribution is -2.28. The summed E-state index contributed by atoms with van der Waals surface area (Å²) in [6.07, 6.45) is 49.9. The first kappa shape index (κ1) is 45.6. The van der Waals surface area contributed by atoms with Crippen molar-refractivity contribution in [3.8, 4) is 0 Å². The average molecular weight is 671 g/mol. The number of rotatable bonds is 35. The largest absolute Gasteiger partial charge is 0.462 e. The monoisotopic (exact) mass is 671 g/mol. The Morgan fingerprint density at radius 1 is 0.479 bits per heavy atom. The van der Waals surface area contributed by atoms with E-state index in [0.29, 0.717) is 12.8 Å². The SMILES string of the molecule is CCCCC/C=C/C/C=C/C/C=C/C/C=C/CCCCCC(=O)OC[C@H](CO)OC(=O)CCCCCCCCC/C=C/CCCCCC. The highest BCUT2D eigenvalue weighted by molar-refractivity contribution is 5.70. The lowest BCUT2D eigenvalue weighted by molar-refractivity contribution is -0.161. The fourth-order valence-corrected chi connectivity index (χ4v) is 5.24. The lowest BCUT2D eigenvalue weighted by Gasteiger charge is -2.15. The van der Waals surface area contributed by atoms with E-state index < -0.39 is 6.10 Å². The van der Waals surface area contributed by atoms with Crippen molar-refractivity contribution in [2.45, 2.75) is 187 Å². The highest BCUT2D eigenvalue weighted by Gasteiger charge is 2.16. The highest BCUT2D eigenvalue weighted by Crippen LogP contribution is 2.12. The standard InChI is InChI=1S/C43H74O5/c1-3-5-7-9-11-13-15-17-19-20-21-22-24-25-27-29-31-33-35-37-42(45)47-40-41(39-44)48-43(46)38-36-34-32-30-28-26-23-18-16-14-12-10-8-6-4-2/h11,13-14,16-17,19,21-22,25,27,41,44H,3-10,12,15,18,20,23-24,26,28-40H2,1-2H3/b13-11+,16-14+,19-17+,22-21+,27-25+/t41-/m0/s1. The first-order valence-corrected chi connectivity index (χ1v) is 19.8. The molecule has 5 heteroatoms. The van der Waals surface area contributed by atoms with E-state index in [1.54, 1.807) is 0 Å². The maximum atomic E-state index is 12.2. The zero-order valence-electron chi connectivity index (χ0n) is 31.2. The van der Waals surface area contributed by atoms with Crippen LogP contribution in [0.2, 0.25) is 0 Å². The predicted octanol–water partition coefficient (Wildman–Crippen LogP) is 12.4. The zero-order valence-corrected chi connectivity index (χ0v) is 31.2. The van der Waals surface area contributed by atoms with Crippen LogP contribution in [0.3, 0.4) is 0 Å². The molecule has 0 spiro atoms. The molecule has 48 heavy (non-hydrogen) atoms. The molecular weight excluding hydrogens is 596 g/mol. The van der Waals surface area contributed by atoms with Gasteiger partial charge >= 0.3 is 11.9 Å². The molecule has 0 heterocycles. The Kier molecular flexibility index (Phi) is 37.1. The van der Waals surface area contributed by atoms with Gasteiger partial charge in [-0.25, -0.2) is 0 Å². The Balaban J connectivity index is 3.65. The van der Waals surface area contributed by atoms with Crippen LogP contribution in [-0.2, 0) is 19.1 Å². The molecule has 0 aliphatic rings. The molecule has 0 radical (unpaired) electrons. The van der Waals surface area contributed by atoms with Gasteiger partial charge in [-0.3, -0.25) is 9.59 Å². The van der Waals surface area contributed by atoms with Gasteiger partial charge in [-0.05, 0) is 83.5 Å². The van der Waals surface area contributed by atoms with Crippen molar-refractivity contribution in [1.29, 1.82) is 0 Å². The number of ether oxygens (including phenoxy) is 2. The average Bonchev–Trinajstić information content (AvgIpc) is 3.09. The van der Waals surface area contributed by atoms with Crippen LogP contribution in [0.5, 0.6) is 0 Å². The van der Waals surface area contributed by atoms with E-state index in [1.165, 1.54) is 89.9 Å². The molecule has 0 unspecified atom stereocenters. The number of unbranched alkanes of at least 4 members (excludes halogenated alkanes) is 17. The number of carbonyl (C=O) groups is 2. The summed E-state index contributed by atoms with van der Waals surface area (Å²) in [5, 5.41) is 9.55. The van der Waals surface area contributed by atoms with Gasteiger partial charge < -0.3 is 14.6 Å². The van der Waals surface area contributed by atoms with Crippen LogP contribution in [0.4, 0.5) is 0 Å². The van der Waals surface area contributed by atoms with Crippen LogP contribution in [0.1, 0.15) is 181 Å². The Morgan fingerprint density at radius 2 is 0.833 bits per heavy atom. The molecule has 0 aromatic heterocycles. The summed E-state index contributed by atoms with van der Waals surface area (Å²) in [6, 6.07) is 0. The third kappa shape index (κ3) is 36.4. The summed E-state index contributed by atoms with van der Waals surface area (Å²) in [4.78, 5) is 24.2. The molecule has 1 N–H and O–H groups in total. The van der Waals surface area contributed by atoms with E-state index in [-0.39, 0.29) is 25.2 Å². The first-order valence-electron chi connectivity index (χ1n) is 19.8. The highest BCUT2D eigenvalue weighted by atomic mass is 16.6. The van der Waals surface area contributed by atoms with Crippen molar-refractivity contribution in [1.82, 2.24) is 0 Å². The van der Waals surface area contributed by atoms with E-state index in [1.807, 2.05) is 0 Å². The van der Waals surface area contributed by atoms with Gasteiger partial charge in [-0.1, -0.05) is 145 Å². The smallest absolute Gasteiger partial charge is 0.306 e. The van der Waals surface area contributed by atoms with E-state index >= 15 is 0 Å². The molecule has 276 valence electrons. The summed E-state index contributed by atoms with van der Waals surface area (Å²) in [5.41, 5.74) is 0. The van der Waals surface area contributed by atoms with Crippen molar-refractivity contribution in [3.63, 3.8) is 0 Å². The third-order valence-corrected chi connectivity index (χ3v) is 8.28. The van der Waals surface area contributed by atoms with Crippen molar-refractivity contribution >= 4 is 11.9 Å². The number of allylic oxidation sites excluding steroid dienone is 10. The minimum atomic E-state index is -0.788. The molecular formula is C43H74O5. The Hall–Kier alpha value is -2.40. The molecule has 0 aliphatic heterocycles. The molecule has 0 aromatic rings. The Bertz CT molecular complexity index is 853. The molecule has 0 bridgehead atoms. The number of carbonyl (C=O) groups excluding carboxylic acids is 2. The van der Waals surface area contributed by atoms with Crippen molar-refractivity contribution in [2.24, 2.45) is 0 Å². The fraction of sp³-hybridized carbons (Fsp3) is 0.721. The summed E-state index contributed by atoms with van der Waals surface area (Å²) >= 11 is 0. The van der Waals surface area contributed by atoms with Gasteiger partial charge in [-0.2, -0.15) is 0 Å². The molecule has 0 amide bonds. The van der Waals surface area contributed by atoms with Gasteiger partial charge in [0, 0.05) is 12.8 Å². The number of aliphatic hydroxyl groups excluding tert-OH is 1. The predicted molar refractivity (Wildman–Crippen MR) is 205 cm³/mol. The third-order valence-electron chi connectivity index (χ3n) is 8.28. The fourth-order valence-electron chi connectivity index (χ4n) is 5.24. The van der Waals surface area contributed by atoms with Crippen LogP contribution in [0.25, 0.3) is 0 Å². The second-order valence-electron chi connectivity index (χ2n) is 13.0. The van der Waals surface area contributed by atoms with Crippen LogP contribution in [-0.4, -0.2) is 36.4 Å². The van der Waals surface area contributed by atoms with Crippen LogP contribution in [0, 0.1) is 0 Å². The number of hydrogen-bond donors (Lipinski definition) is 1. The van der Waals surface area contributed by atoms with E-state index in [9.17, 15) is 14.7 Å². The first-order chi connectivity index (χ1) is 23.6. The summed E-state index contributed by atoms with van der Waals surface area (Å²) < 4.78 is 10.6. The van der Waals surface area contributed by atoms with E-state index in [0.717, 1.165) is 64.2 Å². The maximum absolute atomic E-state index is 12.2. The summed E-state index contributed by atoms with van der Waals surface area (Å²) in [6.45, 7) is 4.06. The molecule has 0 saturated heterocycles. The summed E-state index contributed by atoms with van der Waals surface area (Å²) in [5.74, 6) is -0.635. The van der Waals surface area contributed by atoms with Gasteiger partial charge in [-0.15, -0.1) is 0 Å². The lowest BCUT2D eigenvalue weighted by atomic mass is 10.1. The number of hydrogen-bond acceptors (Lipinski definition) is 5. The maximum Gasteiger partial charge on any atom is 0.306 e. The minimum Gasteiger partial charge on any atom is -0.462 e. The van der Waals surface area contributed by atoms with Gasteiger partial charge in [0.2, 0.25) is 0 Å². The zero-order chi connectivity index (χ0) is 35.0. The van der Waals surface area contributed by atoms with E-state index in [2.05, 4.69) is 74.6 Å². The molecule has 0 saturated carbocycles. The van der Waals surface area contributed by atoms with Crippen molar-refractivity contribution < 1.29 is 24.2 Å². The Morgan fingerprint density at radius 3 is 1.33 bits per heavy atom. The molecule has 1 atom stereocenters. The number of esters is 2. The van der Waals surface area contributed by atoms with Gasteiger partial charge in [0.15, 0.2) is 6.10 Å². The second kappa shape index (κ2) is 39.0. The van der Waals surface area contributed by atoms with Gasteiger partial charge in [0.1, 0.15) is 6.61 Å². The van der Waals surface area contributed by atoms with E-state index in [4.69, 9.17) is 9.47 Å². The van der Waals surface area contributed by atoms with Crippen molar-refractivity contribution in [2.75, 3.05) is 13.2 Å². The van der Waals surface area contributed by atoms with Gasteiger partial charge in [0.25, 0.3) is 0 Å². The van der Waals surface area contributed by atoms with Crippen LogP contribution >= 0.6 is 0 Å². The minimum absolute atomic E-state index is 0.0860. The normalized spacial score (nSPS) is 12.8. The molecule has 0 rings (SSSR count). The second-order valence-corrected chi connectivity index (χ2v) is 13.0. The quantitative estimate of drug-likeness (QED) is 0.0413. The molecule has 5 nitrogen and oxygen atoms in total. The topological polar surface area (TPSA) is 72.8 Å². The van der Waals surface area contributed by atoms with Gasteiger partial charge in [0.05, 0.1) is 6.61 Å². The summed E-state index contributed by atoms with van der Waals surface area (Å²) in [7, 11) is 0. The van der Waals surface area contributed by atoms with Crippen LogP contribution in [0.15, 0.2) is 60.8 Å².